The van der Waals surface area contributed by atoms with Crippen LogP contribution in [0.15, 0.2) is 42.6 Å². The minimum atomic E-state index is -0.351. The van der Waals surface area contributed by atoms with Gasteiger partial charge in [0.2, 0.25) is 0 Å². The molecule has 0 aliphatic carbocycles. The Labute approximate surface area is 118 Å². The number of ether oxygens (including phenoxy) is 1. The highest BCUT2D eigenvalue weighted by Gasteiger charge is 2.18. The second kappa shape index (κ2) is 5.33. The number of para-hydroxylation sites is 1. The average Bonchev–Trinajstić information content (AvgIpc) is 2.91. The molecule has 0 fully saturated rings. The molecule has 3 rings (SSSR count). The van der Waals surface area contributed by atoms with Gasteiger partial charge in [-0.3, -0.25) is 4.98 Å². The molecule has 2 aromatic rings. The number of hydrogen-bond acceptors (Lipinski definition) is 4. The van der Waals surface area contributed by atoms with Crippen molar-refractivity contribution >= 4 is 11.7 Å². The number of nitrogens with zero attached hydrogens (tertiary/aromatic N) is 2. The summed E-state index contributed by atoms with van der Waals surface area (Å²) >= 11 is 0. The van der Waals surface area contributed by atoms with Crippen molar-refractivity contribution in [3.63, 3.8) is 0 Å². The zero-order valence-electron chi connectivity index (χ0n) is 11.4. The van der Waals surface area contributed by atoms with Crippen LogP contribution in [0.1, 0.15) is 21.6 Å². The summed E-state index contributed by atoms with van der Waals surface area (Å²) in [6, 6.07) is 12.1. The van der Waals surface area contributed by atoms with E-state index in [1.54, 1.807) is 12.3 Å². The zero-order valence-corrected chi connectivity index (χ0v) is 11.4. The van der Waals surface area contributed by atoms with Crippen molar-refractivity contribution in [3.8, 4) is 0 Å². The summed E-state index contributed by atoms with van der Waals surface area (Å²) in [5.41, 5.74) is 4.11. The van der Waals surface area contributed by atoms with Crippen LogP contribution in [-0.4, -0.2) is 24.6 Å². The predicted molar refractivity (Wildman–Crippen MR) is 76.8 cm³/mol. The summed E-state index contributed by atoms with van der Waals surface area (Å²) in [6.07, 6.45) is 2.65. The molecule has 0 bridgehead atoms. The standard InChI is InChI=1S/C16H16N2O2/c1-20-16(19)13-6-7-14(17-10-13)11-18-9-8-12-4-2-3-5-15(12)18/h2-7,10H,8-9,11H2,1H3. The molecule has 0 unspecified atom stereocenters. The molecular weight excluding hydrogens is 252 g/mol. The van der Waals surface area contributed by atoms with Gasteiger partial charge in [-0.15, -0.1) is 0 Å². The maximum atomic E-state index is 11.4. The normalized spacial score (nSPS) is 13.2. The lowest BCUT2D eigenvalue weighted by molar-refractivity contribution is 0.0600. The first-order valence-corrected chi connectivity index (χ1v) is 6.64. The number of methoxy groups -OCH3 is 1. The van der Waals surface area contributed by atoms with Crippen molar-refractivity contribution in [1.82, 2.24) is 4.98 Å². The van der Waals surface area contributed by atoms with E-state index >= 15 is 0 Å². The van der Waals surface area contributed by atoms with Gasteiger partial charge in [0.25, 0.3) is 0 Å². The number of carbonyl (C=O) groups excluding carboxylic acids is 1. The van der Waals surface area contributed by atoms with Gasteiger partial charge in [-0.1, -0.05) is 18.2 Å². The third-order valence-corrected chi connectivity index (χ3v) is 3.58. The maximum Gasteiger partial charge on any atom is 0.339 e. The third-order valence-electron chi connectivity index (χ3n) is 3.58. The van der Waals surface area contributed by atoms with Crippen LogP contribution in [0.25, 0.3) is 0 Å². The van der Waals surface area contributed by atoms with E-state index in [-0.39, 0.29) is 5.97 Å². The number of pyridine rings is 1. The van der Waals surface area contributed by atoms with Crippen LogP contribution in [0.2, 0.25) is 0 Å². The van der Waals surface area contributed by atoms with Gasteiger partial charge in [-0.05, 0) is 30.2 Å². The minimum absolute atomic E-state index is 0.351. The van der Waals surface area contributed by atoms with Gasteiger partial charge in [0.15, 0.2) is 0 Å². The molecule has 20 heavy (non-hydrogen) atoms. The lowest BCUT2D eigenvalue weighted by Crippen LogP contribution is -2.20. The maximum absolute atomic E-state index is 11.4. The van der Waals surface area contributed by atoms with Gasteiger partial charge in [-0.25, -0.2) is 4.79 Å². The minimum Gasteiger partial charge on any atom is -0.465 e. The first-order valence-electron chi connectivity index (χ1n) is 6.64. The SMILES string of the molecule is COC(=O)c1ccc(CN2CCc3ccccc32)nc1. The Hall–Kier alpha value is -2.36. The van der Waals surface area contributed by atoms with Gasteiger partial charge >= 0.3 is 5.97 Å². The smallest absolute Gasteiger partial charge is 0.339 e. The number of carbonyl (C=O) groups is 1. The highest BCUT2D eigenvalue weighted by molar-refractivity contribution is 5.88. The van der Waals surface area contributed by atoms with E-state index in [1.807, 2.05) is 6.07 Å². The van der Waals surface area contributed by atoms with Gasteiger partial charge in [0.05, 0.1) is 24.9 Å². The van der Waals surface area contributed by atoms with Crippen molar-refractivity contribution in [1.29, 1.82) is 0 Å². The number of fused-ring (bicyclic) bond motifs is 1. The lowest BCUT2D eigenvalue weighted by Gasteiger charge is -2.18. The average molecular weight is 268 g/mol. The second-order valence-electron chi connectivity index (χ2n) is 4.83. The van der Waals surface area contributed by atoms with E-state index in [2.05, 4.69) is 38.9 Å². The number of rotatable bonds is 3. The molecule has 0 saturated heterocycles. The summed E-state index contributed by atoms with van der Waals surface area (Å²) in [6.45, 7) is 1.78. The van der Waals surface area contributed by atoms with Crippen molar-refractivity contribution in [2.24, 2.45) is 0 Å². The van der Waals surface area contributed by atoms with Crippen LogP contribution in [0, 0.1) is 0 Å². The van der Waals surface area contributed by atoms with Gasteiger partial charge < -0.3 is 9.64 Å². The van der Waals surface area contributed by atoms with Gasteiger partial charge in [-0.2, -0.15) is 0 Å². The van der Waals surface area contributed by atoms with Crippen molar-refractivity contribution < 1.29 is 9.53 Å². The monoisotopic (exact) mass is 268 g/mol. The largest absolute Gasteiger partial charge is 0.465 e. The Morgan fingerprint density at radius 1 is 1.30 bits per heavy atom. The first kappa shape index (κ1) is 12.7. The molecule has 4 nitrogen and oxygen atoms in total. The highest BCUT2D eigenvalue weighted by Crippen LogP contribution is 2.28. The molecule has 102 valence electrons. The Kier molecular flexibility index (Phi) is 3.37. The van der Waals surface area contributed by atoms with Crippen LogP contribution in [0.5, 0.6) is 0 Å². The van der Waals surface area contributed by atoms with Gasteiger partial charge in [0, 0.05) is 18.4 Å². The molecule has 0 radical (unpaired) electrons. The number of esters is 1. The molecule has 1 aliphatic rings. The van der Waals surface area contributed by atoms with E-state index in [0.717, 1.165) is 25.2 Å². The lowest BCUT2D eigenvalue weighted by atomic mass is 10.2. The predicted octanol–water partition coefficient (Wildman–Crippen LogP) is 2.43. The van der Waals surface area contributed by atoms with Crippen LogP contribution in [0.4, 0.5) is 5.69 Å². The number of benzene rings is 1. The summed E-state index contributed by atoms with van der Waals surface area (Å²) in [5.74, 6) is -0.351. The van der Waals surface area contributed by atoms with E-state index in [1.165, 1.54) is 18.4 Å². The van der Waals surface area contributed by atoms with Crippen molar-refractivity contribution in [2.75, 3.05) is 18.6 Å². The first-order chi connectivity index (χ1) is 9.78. The molecule has 0 atom stereocenters. The van der Waals surface area contributed by atoms with E-state index in [4.69, 9.17) is 0 Å². The Balaban J connectivity index is 1.75. The Morgan fingerprint density at radius 2 is 2.15 bits per heavy atom. The fourth-order valence-electron chi connectivity index (χ4n) is 2.52. The van der Waals surface area contributed by atoms with Crippen LogP contribution >= 0.6 is 0 Å². The zero-order chi connectivity index (χ0) is 13.9. The third kappa shape index (κ3) is 2.37. The molecule has 1 aromatic heterocycles. The highest BCUT2D eigenvalue weighted by atomic mass is 16.5. The summed E-state index contributed by atoms with van der Waals surface area (Å²) < 4.78 is 4.67. The van der Waals surface area contributed by atoms with Crippen LogP contribution < -0.4 is 4.90 Å². The van der Waals surface area contributed by atoms with Crippen molar-refractivity contribution in [2.45, 2.75) is 13.0 Å². The quantitative estimate of drug-likeness (QED) is 0.802. The van der Waals surface area contributed by atoms with E-state index < -0.39 is 0 Å². The van der Waals surface area contributed by atoms with Crippen LogP contribution in [-0.2, 0) is 17.7 Å². The Bertz CT molecular complexity index is 623. The molecule has 2 heterocycles. The topological polar surface area (TPSA) is 42.4 Å². The molecule has 0 N–H and O–H groups in total. The summed E-state index contributed by atoms with van der Waals surface area (Å²) in [7, 11) is 1.37. The van der Waals surface area contributed by atoms with Gasteiger partial charge in [0.1, 0.15) is 0 Å². The molecule has 1 aromatic carbocycles. The molecule has 0 spiro atoms. The number of hydrogen-bond donors (Lipinski definition) is 0. The number of anilines is 1. The van der Waals surface area contributed by atoms with E-state index in [0.29, 0.717) is 5.56 Å². The molecule has 4 heteroatoms. The van der Waals surface area contributed by atoms with Crippen LogP contribution in [0.3, 0.4) is 0 Å². The Morgan fingerprint density at radius 3 is 2.90 bits per heavy atom. The van der Waals surface area contributed by atoms with Crippen molar-refractivity contribution in [3.05, 3.63) is 59.4 Å². The fraction of sp³-hybridized carbons (Fsp3) is 0.250. The summed E-state index contributed by atoms with van der Waals surface area (Å²) in [5, 5.41) is 0. The molecule has 0 amide bonds. The molecular formula is C16H16N2O2. The molecule has 1 aliphatic heterocycles. The van der Waals surface area contributed by atoms with E-state index in [9.17, 15) is 4.79 Å². The summed E-state index contributed by atoms with van der Waals surface area (Å²) in [4.78, 5) is 18.0. The fourth-order valence-corrected chi connectivity index (χ4v) is 2.52. The molecule has 0 saturated carbocycles. The second-order valence-corrected chi connectivity index (χ2v) is 4.83. The number of aromatic nitrogens is 1.